The van der Waals surface area contributed by atoms with Crippen LogP contribution in [0.25, 0.3) is 21.3 Å². The van der Waals surface area contributed by atoms with E-state index in [0.717, 1.165) is 53.3 Å². The molecular formula is C21H22N2O2S. The van der Waals surface area contributed by atoms with Crippen LogP contribution in [0.5, 0.6) is 0 Å². The average Bonchev–Trinajstić information content (AvgIpc) is 3.07. The van der Waals surface area contributed by atoms with Gasteiger partial charge in [-0.3, -0.25) is 4.79 Å². The third-order valence-corrected chi connectivity index (χ3v) is 5.97. The number of hydrogen-bond acceptors (Lipinski definition) is 4. The van der Waals surface area contributed by atoms with E-state index in [9.17, 15) is 4.79 Å². The molecule has 0 spiro atoms. The van der Waals surface area contributed by atoms with E-state index in [-0.39, 0.29) is 11.9 Å². The van der Waals surface area contributed by atoms with Gasteiger partial charge in [0.15, 0.2) is 0 Å². The molecule has 2 heterocycles. The summed E-state index contributed by atoms with van der Waals surface area (Å²) >= 11 is 1.71. The number of nitrogens with zero attached hydrogens (tertiary/aromatic N) is 2. The molecule has 4 rings (SSSR count). The number of carbonyl (C=O) groups excluding carboxylic acids is 1. The lowest BCUT2D eigenvalue weighted by molar-refractivity contribution is 0.0362. The van der Waals surface area contributed by atoms with Gasteiger partial charge < -0.3 is 9.64 Å². The van der Waals surface area contributed by atoms with Crippen molar-refractivity contribution in [2.75, 3.05) is 20.3 Å². The molecule has 1 aliphatic rings. The molecule has 134 valence electrons. The van der Waals surface area contributed by atoms with Crippen LogP contribution in [-0.2, 0) is 4.74 Å². The predicted molar refractivity (Wildman–Crippen MR) is 106 cm³/mol. The molecule has 1 amide bonds. The van der Waals surface area contributed by atoms with Crippen molar-refractivity contribution in [3.8, 4) is 11.1 Å². The van der Waals surface area contributed by atoms with Gasteiger partial charge >= 0.3 is 0 Å². The lowest BCUT2D eigenvalue weighted by Crippen LogP contribution is -2.40. The first-order valence-electron chi connectivity index (χ1n) is 8.94. The zero-order valence-corrected chi connectivity index (χ0v) is 15.9. The molecule has 1 aliphatic heterocycles. The van der Waals surface area contributed by atoms with Crippen molar-refractivity contribution in [1.29, 1.82) is 0 Å². The molecule has 0 radical (unpaired) electrons. The molecule has 0 N–H and O–H groups in total. The van der Waals surface area contributed by atoms with Gasteiger partial charge in [-0.25, -0.2) is 4.98 Å². The Balaban J connectivity index is 1.54. The van der Waals surface area contributed by atoms with Crippen LogP contribution < -0.4 is 0 Å². The Bertz CT molecular complexity index is 927. The van der Waals surface area contributed by atoms with E-state index in [4.69, 9.17) is 4.74 Å². The molecule has 0 aliphatic carbocycles. The lowest BCUT2D eigenvalue weighted by atomic mass is 10.0. The molecule has 5 heteroatoms. The molecule has 4 nitrogen and oxygen atoms in total. The lowest BCUT2D eigenvalue weighted by Gasteiger charge is -2.31. The summed E-state index contributed by atoms with van der Waals surface area (Å²) in [6, 6.07) is 14.5. The molecule has 1 aromatic heterocycles. The Morgan fingerprint density at radius 1 is 1.12 bits per heavy atom. The van der Waals surface area contributed by atoms with Crippen molar-refractivity contribution in [3.63, 3.8) is 0 Å². The molecule has 1 fully saturated rings. The normalized spacial score (nSPS) is 15.3. The Kier molecular flexibility index (Phi) is 4.74. The first kappa shape index (κ1) is 17.2. The summed E-state index contributed by atoms with van der Waals surface area (Å²) in [5, 5.41) is 1.08. The summed E-state index contributed by atoms with van der Waals surface area (Å²) in [7, 11) is 1.89. The topological polar surface area (TPSA) is 42.4 Å². The van der Waals surface area contributed by atoms with Gasteiger partial charge in [-0.05, 0) is 55.2 Å². The summed E-state index contributed by atoms with van der Waals surface area (Å²) in [5.74, 6) is 0.0778. The predicted octanol–water partition coefficient (Wildman–Crippen LogP) is 4.52. The summed E-state index contributed by atoms with van der Waals surface area (Å²) in [5.41, 5.74) is 3.99. The van der Waals surface area contributed by atoms with Crippen molar-refractivity contribution in [2.24, 2.45) is 0 Å². The fraction of sp³-hybridized carbons (Fsp3) is 0.333. The minimum Gasteiger partial charge on any atom is -0.381 e. The van der Waals surface area contributed by atoms with Gasteiger partial charge in [-0.1, -0.05) is 18.2 Å². The van der Waals surface area contributed by atoms with E-state index in [2.05, 4.69) is 23.2 Å². The molecule has 0 atom stereocenters. The molecule has 2 aromatic carbocycles. The highest BCUT2D eigenvalue weighted by Gasteiger charge is 2.23. The number of aryl methyl sites for hydroxylation is 1. The summed E-state index contributed by atoms with van der Waals surface area (Å²) in [6.07, 6.45) is 1.82. The number of aromatic nitrogens is 1. The van der Waals surface area contributed by atoms with Crippen molar-refractivity contribution >= 4 is 27.5 Å². The summed E-state index contributed by atoms with van der Waals surface area (Å²) in [4.78, 5) is 19.2. The minimum absolute atomic E-state index is 0.0778. The van der Waals surface area contributed by atoms with Crippen LogP contribution in [0.1, 0.15) is 28.2 Å². The van der Waals surface area contributed by atoms with Crippen molar-refractivity contribution < 1.29 is 9.53 Å². The van der Waals surface area contributed by atoms with E-state index in [1.807, 2.05) is 43.1 Å². The van der Waals surface area contributed by atoms with Gasteiger partial charge in [0.25, 0.3) is 5.91 Å². The third-order valence-electron chi connectivity index (χ3n) is 5.02. The Hall–Kier alpha value is -2.24. The van der Waals surface area contributed by atoms with Gasteiger partial charge in [0.2, 0.25) is 0 Å². The monoisotopic (exact) mass is 366 g/mol. The van der Waals surface area contributed by atoms with Crippen LogP contribution in [0.15, 0.2) is 42.5 Å². The van der Waals surface area contributed by atoms with Crippen LogP contribution >= 0.6 is 11.3 Å². The maximum atomic E-state index is 12.7. The first-order chi connectivity index (χ1) is 12.6. The maximum absolute atomic E-state index is 12.7. The molecule has 26 heavy (non-hydrogen) atoms. The highest BCUT2D eigenvalue weighted by Crippen LogP contribution is 2.28. The van der Waals surface area contributed by atoms with E-state index >= 15 is 0 Å². The van der Waals surface area contributed by atoms with Crippen LogP contribution in [0.3, 0.4) is 0 Å². The fourth-order valence-electron chi connectivity index (χ4n) is 3.47. The van der Waals surface area contributed by atoms with Gasteiger partial charge in [0.1, 0.15) is 0 Å². The highest BCUT2D eigenvalue weighted by atomic mass is 32.1. The zero-order valence-electron chi connectivity index (χ0n) is 15.1. The summed E-state index contributed by atoms with van der Waals surface area (Å²) in [6.45, 7) is 3.50. The van der Waals surface area contributed by atoms with Gasteiger partial charge in [0, 0.05) is 31.9 Å². The number of hydrogen-bond donors (Lipinski definition) is 0. The number of amides is 1. The van der Waals surface area contributed by atoms with Gasteiger partial charge in [-0.15, -0.1) is 11.3 Å². The van der Waals surface area contributed by atoms with Crippen LogP contribution in [0.2, 0.25) is 0 Å². The molecule has 0 saturated carbocycles. The Morgan fingerprint density at radius 2 is 1.81 bits per heavy atom. The van der Waals surface area contributed by atoms with E-state index < -0.39 is 0 Å². The van der Waals surface area contributed by atoms with Gasteiger partial charge in [0.05, 0.1) is 15.2 Å². The number of thiazole rings is 1. The maximum Gasteiger partial charge on any atom is 0.253 e. The van der Waals surface area contributed by atoms with Crippen LogP contribution in [0.4, 0.5) is 0 Å². The Morgan fingerprint density at radius 3 is 2.54 bits per heavy atom. The SMILES string of the molecule is Cc1nc2cc(-c3ccc(C(=O)N(C)C4CCOCC4)cc3)ccc2s1. The zero-order chi connectivity index (χ0) is 18.1. The second-order valence-electron chi connectivity index (χ2n) is 6.75. The van der Waals surface area contributed by atoms with Crippen LogP contribution in [-0.4, -0.2) is 42.1 Å². The second kappa shape index (κ2) is 7.17. The largest absolute Gasteiger partial charge is 0.381 e. The number of rotatable bonds is 3. The third kappa shape index (κ3) is 3.37. The molecule has 0 bridgehead atoms. The number of fused-ring (bicyclic) bond motifs is 1. The smallest absolute Gasteiger partial charge is 0.253 e. The van der Waals surface area contributed by atoms with Crippen molar-refractivity contribution in [1.82, 2.24) is 9.88 Å². The second-order valence-corrected chi connectivity index (χ2v) is 7.99. The molecule has 1 saturated heterocycles. The quantitative estimate of drug-likeness (QED) is 0.684. The minimum atomic E-state index is 0.0778. The molecule has 3 aromatic rings. The molecular weight excluding hydrogens is 344 g/mol. The van der Waals surface area contributed by atoms with Crippen molar-refractivity contribution in [3.05, 3.63) is 53.0 Å². The number of benzene rings is 2. The number of carbonyl (C=O) groups is 1. The highest BCUT2D eigenvalue weighted by molar-refractivity contribution is 7.18. The van der Waals surface area contributed by atoms with E-state index in [0.29, 0.717) is 0 Å². The average molecular weight is 366 g/mol. The van der Waals surface area contributed by atoms with Gasteiger partial charge in [-0.2, -0.15) is 0 Å². The fourth-order valence-corrected chi connectivity index (χ4v) is 4.28. The van der Waals surface area contributed by atoms with Crippen LogP contribution in [0, 0.1) is 6.92 Å². The first-order valence-corrected chi connectivity index (χ1v) is 9.76. The molecule has 0 unspecified atom stereocenters. The van der Waals surface area contributed by atoms with E-state index in [1.165, 1.54) is 4.70 Å². The standard InChI is InChI=1S/C21H22N2O2S/c1-14-22-19-13-17(7-8-20(19)26-14)15-3-5-16(6-4-15)21(24)23(2)18-9-11-25-12-10-18/h3-8,13,18H,9-12H2,1-2H3. The van der Waals surface area contributed by atoms with E-state index in [1.54, 1.807) is 11.3 Å². The summed E-state index contributed by atoms with van der Waals surface area (Å²) < 4.78 is 6.59. The Labute approximate surface area is 157 Å². The van der Waals surface area contributed by atoms with Crippen molar-refractivity contribution in [2.45, 2.75) is 25.8 Å². The number of ether oxygens (including phenoxy) is 1.